The Bertz CT molecular complexity index is 1650. The molecule has 0 spiro atoms. The molecule has 4 rings (SSSR count). The SMILES string of the molecule is CCc1nn(CC(=O)N(CCN(CC)CC)Cc2ccc(-c3ccc(C(F)(F)F)cc3)cc2)c(SCc2ccc(OC)cc2)cc1=O. The summed E-state index contributed by atoms with van der Waals surface area (Å²) in [6.45, 7) is 9.25. The zero-order chi connectivity index (χ0) is 34.0. The Hall–Kier alpha value is -4.09. The minimum Gasteiger partial charge on any atom is -0.497 e. The second kappa shape index (κ2) is 16.6. The number of hydrogen-bond acceptors (Lipinski definition) is 6. The van der Waals surface area contributed by atoms with E-state index in [1.807, 2.05) is 55.5 Å². The van der Waals surface area contributed by atoms with Crippen molar-refractivity contribution < 1.29 is 22.7 Å². The first-order valence-corrected chi connectivity index (χ1v) is 16.7. The Balaban J connectivity index is 1.54. The van der Waals surface area contributed by atoms with Crippen LogP contribution in [0.4, 0.5) is 13.2 Å². The van der Waals surface area contributed by atoms with Gasteiger partial charge in [0, 0.05) is 31.5 Å². The number of halogens is 3. The lowest BCUT2D eigenvalue weighted by Gasteiger charge is -2.27. The van der Waals surface area contributed by atoms with Gasteiger partial charge in [0.1, 0.15) is 18.0 Å². The third-order valence-corrected chi connectivity index (χ3v) is 9.11. The number of aromatic nitrogens is 2. The van der Waals surface area contributed by atoms with E-state index in [1.165, 1.54) is 23.9 Å². The van der Waals surface area contributed by atoms with Crippen molar-refractivity contribution >= 4 is 17.7 Å². The molecule has 4 aromatic rings. The van der Waals surface area contributed by atoms with Crippen molar-refractivity contribution in [2.75, 3.05) is 33.3 Å². The molecule has 0 unspecified atom stereocenters. The van der Waals surface area contributed by atoms with Gasteiger partial charge < -0.3 is 14.5 Å². The minimum absolute atomic E-state index is 0.0277. The number of rotatable bonds is 15. The Morgan fingerprint density at radius 2 is 1.47 bits per heavy atom. The summed E-state index contributed by atoms with van der Waals surface area (Å²) in [5.74, 6) is 1.21. The molecule has 0 aliphatic heterocycles. The number of nitrogens with zero attached hydrogens (tertiary/aromatic N) is 4. The van der Waals surface area contributed by atoms with E-state index in [-0.39, 0.29) is 17.9 Å². The van der Waals surface area contributed by atoms with Crippen LogP contribution in [0.3, 0.4) is 0 Å². The van der Waals surface area contributed by atoms with E-state index in [0.717, 1.165) is 47.7 Å². The molecule has 1 aromatic heterocycles. The summed E-state index contributed by atoms with van der Waals surface area (Å²) in [6.07, 6.45) is -3.93. The van der Waals surface area contributed by atoms with Crippen LogP contribution >= 0.6 is 11.8 Å². The number of alkyl halides is 3. The minimum atomic E-state index is -4.39. The highest BCUT2D eigenvalue weighted by atomic mass is 32.2. The summed E-state index contributed by atoms with van der Waals surface area (Å²) in [5, 5.41) is 5.20. The molecule has 0 aliphatic carbocycles. The molecule has 0 bridgehead atoms. The molecule has 1 heterocycles. The molecule has 0 saturated carbocycles. The molecule has 250 valence electrons. The summed E-state index contributed by atoms with van der Waals surface area (Å²) < 4.78 is 45.9. The van der Waals surface area contributed by atoms with Crippen LogP contribution in [0.1, 0.15) is 43.2 Å². The molecule has 1 amide bonds. The van der Waals surface area contributed by atoms with Gasteiger partial charge in [-0.15, -0.1) is 11.8 Å². The third kappa shape index (κ3) is 9.95. The van der Waals surface area contributed by atoms with Crippen molar-refractivity contribution in [3.05, 3.63) is 111 Å². The fraction of sp³-hybridized carbons (Fsp3) is 0.361. The fourth-order valence-corrected chi connectivity index (χ4v) is 6.02. The molecular formula is C36H41F3N4O3S. The van der Waals surface area contributed by atoms with Crippen molar-refractivity contribution in [1.29, 1.82) is 0 Å². The maximum absolute atomic E-state index is 13.9. The van der Waals surface area contributed by atoms with Gasteiger partial charge in [-0.05, 0) is 66.0 Å². The molecule has 47 heavy (non-hydrogen) atoms. The first kappa shape index (κ1) is 35.8. The van der Waals surface area contributed by atoms with Crippen LogP contribution in [0.5, 0.6) is 5.75 Å². The summed E-state index contributed by atoms with van der Waals surface area (Å²) in [5.41, 5.74) is 2.96. The zero-order valence-corrected chi connectivity index (χ0v) is 28.0. The first-order chi connectivity index (χ1) is 22.5. The van der Waals surface area contributed by atoms with Crippen LogP contribution in [0.25, 0.3) is 11.1 Å². The van der Waals surface area contributed by atoms with Crippen molar-refractivity contribution in [3.63, 3.8) is 0 Å². The number of carbonyl (C=O) groups excluding carboxylic acids is 1. The van der Waals surface area contributed by atoms with Gasteiger partial charge in [-0.25, -0.2) is 4.68 Å². The van der Waals surface area contributed by atoms with E-state index in [9.17, 15) is 22.8 Å². The van der Waals surface area contributed by atoms with Crippen LogP contribution < -0.4 is 10.2 Å². The number of carbonyl (C=O) groups is 1. The molecule has 0 saturated heterocycles. The van der Waals surface area contributed by atoms with Crippen molar-refractivity contribution in [1.82, 2.24) is 19.6 Å². The maximum atomic E-state index is 13.9. The van der Waals surface area contributed by atoms with Gasteiger partial charge in [-0.2, -0.15) is 18.3 Å². The number of hydrogen-bond donors (Lipinski definition) is 0. The molecule has 0 atom stereocenters. The van der Waals surface area contributed by atoms with Gasteiger partial charge in [0.15, 0.2) is 0 Å². The Morgan fingerprint density at radius 3 is 2.02 bits per heavy atom. The van der Waals surface area contributed by atoms with Gasteiger partial charge in [-0.1, -0.05) is 69.3 Å². The van der Waals surface area contributed by atoms with Gasteiger partial charge in [-0.3, -0.25) is 9.59 Å². The fourth-order valence-electron chi connectivity index (χ4n) is 5.06. The number of methoxy groups -OCH3 is 1. The van der Waals surface area contributed by atoms with E-state index >= 15 is 0 Å². The second-order valence-corrected chi connectivity index (χ2v) is 12.1. The average molecular weight is 667 g/mol. The highest BCUT2D eigenvalue weighted by Crippen LogP contribution is 2.31. The van der Waals surface area contributed by atoms with E-state index in [2.05, 4.69) is 23.8 Å². The quantitative estimate of drug-likeness (QED) is 0.126. The lowest BCUT2D eigenvalue weighted by molar-refractivity contribution is -0.137. The van der Waals surface area contributed by atoms with Gasteiger partial charge in [0.2, 0.25) is 11.3 Å². The number of amides is 1. The monoisotopic (exact) mass is 666 g/mol. The van der Waals surface area contributed by atoms with Gasteiger partial charge in [0.05, 0.1) is 17.7 Å². The molecule has 3 aromatic carbocycles. The Kier molecular flexibility index (Phi) is 12.7. The van der Waals surface area contributed by atoms with E-state index in [0.29, 0.717) is 48.1 Å². The molecule has 0 aliphatic rings. The largest absolute Gasteiger partial charge is 0.497 e. The average Bonchev–Trinajstić information content (AvgIpc) is 3.08. The second-order valence-electron chi connectivity index (χ2n) is 11.1. The smallest absolute Gasteiger partial charge is 0.416 e. The van der Waals surface area contributed by atoms with Gasteiger partial charge >= 0.3 is 6.18 Å². The van der Waals surface area contributed by atoms with Crippen LogP contribution in [-0.2, 0) is 36.2 Å². The third-order valence-electron chi connectivity index (χ3n) is 8.01. The van der Waals surface area contributed by atoms with Crippen LogP contribution in [0.15, 0.2) is 88.7 Å². The number of likely N-dealkylation sites (N-methyl/N-ethyl adjacent to an activating group) is 1. The zero-order valence-electron chi connectivity index (χ0n) is 27.2. The van der Waals surface area contributed by atoms with E-state index in [1.54, 1.807) is 22.8 Å². The summed E-state index contributed by atoms with van der Waals surface area (Å²) in [7, 11) is 1.62. The molecular weight excluding hydrogens is 625 g/mol. The lowest BCUT2D eigenvalue weighted by Crippen LogP contribution is -2.40. The van der Waals surface area contributed by atoms with E-state index in [4.69, 9.17) is 4.74 Å². The van der Waals surface area contributed by atoms with Crippen LogP contribution in [-0.4, -0.2) is 58.8 Å². The number of aryl methyl sites for hydroxylation is 1. The topological polar surface area (TPSA) is 67.7 Å². The molecule has 0 radical (unpaired) electrons. The maximum Gasteiger partial charge on any atom is 0.416 e. The predicted octanol–water partition coefficient (Wildman–Crippen LogP) is 7.16. The summed E-state index contributed by atoms with van der Waals surface area (Å²) in [6, 6.07) is 21.8. The first-order valence-electron chi connectivity index (χ1n) is 15.7. The Morgan fingerprint density at radius 1 is 0.872 bits per heavy atom. The van der Waals surface area contributed by atoms with Crippen LogP contribution in [0, 0.1) is 0 Å². The number of benzene rings is 3. The molecule has 7 nitrogen and oxygen atoms in total. The Labute approximate surface area is 278 Å². The van der Waals surface area contributed by atoms with Crippen molar-refractivity contribution in [2.24, 2.45) is 0 Å². The lowest BCUT2D eigenvalue weighted by atomic mass is 10.0. The molecule has 0 N–H and O–H groups in total. The highest BCUT2D eigenvalue weighted by Gasteiger charge is 2.30. The highest BCUT2D eigenvalue weighted by molar-refractivity contribution is 7.98. The van der Waals surface area contributed by atoms with Gasteiger partial charge in [0.25, 0.3) is 0 Å². The summed E-state index contributed by atoms with van der Waals surface area (Å²) >= 11 is 1.45. The number of ether oxygens (including phenoxy) is 1. The predicted molar refractivity (Wildman–Crippen MR) is 181 cm³/mol. The van der Waals surface area contributed by atoms with Crippen molar-refractivity contribution in [3.8, 4) is 16.9 Å². The molecule has 0 fully saturated rings. The van der Waals surface area contributed by atoms with Crippen LogP contribution in [0.2, 0.25) is 0 Å². The summed E-state index contributed by atoms with van der Waals surface area (Å²) in [4.78, 5) is 30.7. The molecule has 11 heteroatoms. The van der Waals surface area contributed by atoms with E-state index < -0.39 is 11.7 Å². The number of thioether (sulfide) groups is 1. The van der Waals surface area contributed by atoms with Crippen molar-refractivity contribution in [2.45, 2.75) is 57.2 Å². The normalized spacial score (nSPS) is 11.6. The standard InChI is InChI=1S/C36H41F3N4O3S/c1-5-32-33(44)22-35(47-25-27-10-18-31(46-4)19-11-27)43(40-32)24-34(45)42(21-20-41(6-2)7-3)23-26-8-12-28(13-9-26)29-14-16-30(17-15-29)36(37,38)39/h8-19,22H,5-7,20-21,23-25H2,1-4H3.